The average molecular weight is 284 g/mol. The van der Waals surface area contributed by atoms with E-state index in [1.807, 2.05) is 0 Å². The summed E-state index contributed by atoms with van der Waals surface area (Å²) in [5.41, 5.74) is 0.226. The Bertz CT molecular complexity index is 505. The summed E-state index contributed by atoms with van der Waals surface area (Å²) in [6.45, 7) is 2.95. The zero-order valence-electron chi connectivity index (χ0n) is 11.5. The highest BCUT2D eigenvalue weighted by molar-refractivity contribution is 5.91. The van der Waals surface area contributed by atoms with Crippen molar-refractivity contribution in [3.05, 3.63) is 24.0 Å². The van der Waals surface area contributed by atoms with Crippen LogP contribution in [0.4, 0.5) is 14.9 Å². The molecule has 0 aromatic heterocycles. The van der Waals surface area contributed by atoms with E-state index in [1.165, 1.54) is 19.2 Å². The largest absolute Gasteiger partial charge is 0.494 e. The fourth-order valence-electron chi connectivity index (χ4n) is 1.57. The molecule has 0 heterocycles. The van der Waals surface area contributed by atoms with E-state index in [2.05, 4.69) is 5.32 Å². The van der Waals surface area contributed by atoms with Crippen molar-refractivity contribution in [1.82, 2.24) is 4.90 Å². The lowest BCUT2D eigenvalue weighted by Crippen LogP contribution is -2.43. The molecule has 1 aromatic carbocycles. The van der Waals surface area contributed by atoms with E-state index in [0.29, 0.717) is 0 Å². The summed E-state index contributed by atoms with van der Waals surface area (Å²) in [6.07, 6.45) is 0. The van der Waals surface area contributed by atoms with Crippen LogP contribution in [0, 0.1) is 5.82 Å². The molecule has 0 saturated heterocycles. The number of carboxylic acids is 1. The number of hydrogen-bond donors (Lipinski definition) is 2. The van der Waals surface area contributed by atoms with Gasteiger partial charge in [0.05, 0.1) is 7.11 Å². The second-order valence-electron chi connectivity index (χ2n) is 4.39. The second-order valence-corrected chi connectivity index (χ2v) is 4.39. The van der Waals surface area contributed by atoms with E-state index in [4.69, 9.17) is 9.84 Å². The molecule has 0 unspecified atom stereocenters. The molecule has 0 spiro atoms. The molecule has 0 saturated carbocycles. The maximum absolute atomic E-state index is 13.5. The minimum atomic E-state index is -1.12. The predicted molar refractivity (Wildman–Crippen MR) is 71.4 cm³/mol. The van der Waals surface area contributed by atoms with E-state index in [1.54, 1.807) is 13.8 Å². The standard InChI is InChI=1S/C13H17FN2O4/c1-8(2)16(7-12(17)18)13(19)15-9-4-5-11(20-3)10(14)6-9/h4-6,8H,7H2,1-3H3,(H,15,19)(H,17,18). The van der Waals surface area contributed by atoms with Gasteiger partial charge in [0.15, 0.2) is 11.6 Å². The highest BCUT2D eigenvalue weighted by Crippen LogP contribution is 2.21. The molecule has 1 aromatic rings. The van der Waals surface area contributed by atoms with Crippen LogP contribution < -0.4 is 10.1 Å². The number of anilines is 1. The minimum Gasteiger partial charge on any atom is -0.494 e. The number of carboxylic acid groups (broad SMARTS) is 1. The van der Waals surface area contributed by atoms with Gasteiger partial charge in [0.25, 0.3) is 0 Å². The molecule has 1 rings (SSSR count). The Kier molecular flexibility index (Phi) is 5.31. The van der Waals surface area contributed by atoms with Crippen LogP contribution in [-0.4, -0.2) is 41.7 Å². The lowest BCUT2D eigenvalue weighted by molar-refractivity contribution is -0.137. The van der Waals surface area contributed by atoms with Crippen molar-refractivity contribution >= 4 is 17.7 Å². The number of amides is 2. The Hall–Kier alpha value is -2.31. The summed E-state index contributed by atoms with van der Waals surface area (Å²) in [6, 6.07) is 3.05. The molecule has 6 nitrogen and oxygen atoms in total. The van der Waals surface area contributed by atoms with Crippen LogP contribution >= 0.6 is 0 Å². The molecular weight excluding hydrogens is 267 g/mol. The molecule has 0 fully saturated rings. The molecule has 2 amide bonds. The van der Waals surface area contributed by atoms with Crippen molar-refractivity contribution in [1.29, 1.82) is 0 Å². The predicted octanol–water partition coefficient (Wildman–Crippen LogP) is 2.16. The molecule has 0 aliphatic heterocycles. The maximum atomic E-state index is 13.5. The Balaban J connectivity index is 2.82. The number of rotatable bonds is 5. The van der Waals surface area contributed by atoms with Gasteiger partial charge in [-0.25, -0.2) is 9.18 Å². The van der Waals surface area contributed by atoms with Gasteiger partial charge in [0, 0.05) is 17.8 Å². The normalized spacial score (nSPS) is 10.2. The second kappa shape index (κ2) is 6.74. The topological polar surface area (TPSA) is 78.9 Å². The number of aliphatic carboxylic acids is 1. The molecule has 20 heavy (non-hydrogen) atoms. The zero-order valence-corrected chi connectivity index (χ0v) is 11.5. The summed E-state index contributed by atoms with van der Waals surface area (Å²) in [5.74, 6) is -1.66. The van der Waals surface area contributed by atoms with Gasteiger partial charge in [-0.2, -0.15) is 0 Å². The van der Waals surface area contributed by atoms with Gasteiger partial charge in [-0.15, -0.1) is 0 Å². The minimum absolute atomic E-state index is 0.0641. The van der Waals surface area contributed by atoms with Crippen LogP contribution in [0.25, 0.3) is 0 Å². The lowest BCUT2D eigenvalue weighted by atomic mass is 10.3. The van der Waals surface area contributed by atoms with Gasteiger partial charge in [-0.3, -0.25) is 4.79 Å². The van der Waals surface area contributed by atoms with Gasteiger partial charge in [0.1, 0.15) is 6.54 Å². The Morgan fingerprint density at radius 1 is 1.45 bits per heavy atom. The Morgan fingerprint density at radius 2 is 2.10 bits per heavy atom. The number of urea groups is 1. The van der Waals surface area contributed by atoms with Crippen molar-refractivity contribution in [3.63, 3.8) is 0 Å². The maximum Gasteiger partial charge on any atom is 0.323 e. The molecule has 0 radical (unpaired) electrons. The molecule has 110 valence electrons. The third kappa shape index (κ3) is 4.11. The van der Waals surface area contributed by atoms with E-state index in [-0.39, 0.29) is 17.5 Å². The first-order valence-electron chi connectivity index (χ1n) is 5.98. The third-order valence-electron chi connectivity index (χ3n) is 2.59. The number of carbonyl (C=O) groups excluding carboxylic acids is 1. The van der Waals surface area contributed by atoms with Gasteiger partial charge in [0.2, 0.25) is 0 Å². The van der Waals surface area contributed by atoms with Gasteiger partial charge >= 0.3 is 12.0 Å². The summed E-state index contributed by atoms with van der Waals surface area (Å²) in [4.78, 5) is 23.8. The van der Waals surface area contributed by atoms with E-state index in [9.17, 15) is 14.0 Å². The summed E-state index contributed by atoms with van der Waals surface area (Å²) >= 11 is 0. The van der Waals surface area contributed by atoms with E-state index in [0.717, 1.165) is 11.0 Å². The number of ether oxygens (including phenoxy) is 1. The number of hydrogen-bond acceptors (Lipinski definition) is 3. The van der Waals surface area contributed by atoms with Crippen molar-refractivity contribution in [2.45, 2.75) is 19.9 Å². The molecular formula is C13H17FN2O4. The molecule has 7 heteroatoms. The fourth-order valence-corrected chi connectivity index (χ4v) is 1.57. The average Bonchev–Trinajstić information content (AvgIpc) is 2.35. The molecule has 0 aliphatic carbocycles. The van der Waals surface area contributed by atoms with Crippen molar-refractivity contribution < 1.29 is 23.8 Å². The smallest absolute Gasteiger partial charge is 0.323 e. The lowest BCUT2D eigenvalue weighted by Gasteiger charge is -2.25. The number of carbonyl (C=O) groups is 2. The quantitative estimate of drug-likeness (QED) is 0.868. The monoisotopic (exact) mass is 284 g/mol. The molecule has 0 atom stereocenters. The zero-order chi connectivity index (χ0) is 15.3. The number of halogens is 1. The third-order valence-corrected chi connectivity index (χ3v) is 2.59. The number of benzene rings is 1. The van der Waals surface area contributed by atoms with Crippen LogP contribution in [0.15, 0.2) is 18.2 Å². The molecule has 0 aliphatic rings. The SMILES string of the molecule is COc1ccc(NC(=O)N(CC(=O)O)C(C)C)cc1F. The summed E-state index contributed by atoms with van der Waals surface area (Å²) < 4.78 is 18.3. The fraction of sp³-hybridized carbons (Fsp3) is 0.385. The first-order valence-corrected chi connectivity index (χ1v) is 5.98. The van der Waals surface area contributed by atoms with Crippen LogP contribution in [0.2, 0.25) is 0 Å². The van der Waals surface area contributed by atoms with Gasteiger partial charge in [-0.05, 0) is 26.0 Å². The van der Waals surface area contributed by atoms with Crippen LogP contribution in [0.5, 0.6) is 5.75 Å². The highest BCUT2D eigenvalue weighted by Gasteiger charge is 2.20. The van der Waals surface area contributed by atoms with Crippen LogP contribution in [-0.2, 0) is 4.79 Å². The van der Waals surface area contributed by atoms with E-state index >= 15 is 0 Å². The number of methoxy groups -OCH3 is 1. The van der Waals surface area contributed by atoms with Gasteiger partial charge in [-0.1, -0.05) is 0 Å². The number of nitrogens with zero attached hydrogens (tertiary/aromatic N) is 1. The van der Waals surface area contributed by atoms with E-state index < -0.39 is 24.4 Å². The van der Waals surface area contributed by atoms with Crippen LogP contribution in [0.1, 0.15) is 13.8 Å². The van der Waals surface area contributed by atoms with Gasteiger partial charge < -0.3 is 20.1 Å². The van der Waals surface area contributed by atoms with Crippen molar-refractivity contribution in [3.8, 4) is 5.75 Å². The van der Waals surface area contributed by atoms with Crippen molar-refractivity contribution in [2.75, 3.05) is 19.0 Å². The summed E-state index contributed by atoms with van der Waals surface area (Å²) in [7, 11) is 1.34. The van der Waals surface area contributed by atoms with Crippen LogP contribution in [0.3, 0.4) is 0 Å². The Morgan fingerprint density at radius 3 is 2.55 bits per heavy atom. The highest BCUT2D eigenvalue weighted by atomic mass is 19.1. The first-order chi connectivity index (χ1) is 9.35. The molecule has 0 bridgehead atoms. The molecule has 2 N–H and O–H groups in total. The summed E-state index contributed by atoms with van der Waals surface area (Å²) in [5, 5.41) is 11.2. The number of nitrogens with one attached hydrogen (secondary N) is 1. The first kappa shape index (κ1) is 15.7. The van der Waals surface area contributed by atoms with Crippen molar-refractivity contribution in [2.24, 2.45) is 0 Å². The Labute approximate surface area is 116 Å².